The van der Waals surface area contributed by atoms with Crippen LogP contribution in [0.15, 0.2) is 66.1 Å². The molecule has 6 nitrogen and oxygen atoms in total. The van der Waals surface area contributed by atoms with Crippen molar-refractivity contribution in [3.05, 3.63) is 77.5 Å². The van der Waals surface area contributed by atoms with Crippen LogP contribution in [0.4, 0.5) is 14.9 Å². The topological polar surface area (TPSA) is 66.9 Å². The molecule has 8 heteroatoms. The van der Waals surface area contributed by atoms with Gasteiger partial charge in [0, 0.05) is 18.0 Å². The van der Waals surface area contributed by atoms with E-state index in [9.17, 15) is 17.6 Å². The number of nitrogens with zero attached hydrogens (tertiary/aromatic N) is 2. The highest BCUT2D eigenvalue weighted by atomic mass is 32.2. The molecule has 1 fully saturated rings. The Bertz CT molecular complexity index is 1070. The van der Waals surface area contributed by atoms with Crippen molar-refractivity contribution in [2.45, 2.75) is 38.0 Å². The molecule has 30 heavy (non-hydrogen) atoms. The summed E-state index contributed by atoms with van der Waals surface area (Å²) >= 11 is 0. The summed E-state index contributed by atoms with van der Waals surface area (Å²) in [5.41, 5.74) is 0.351. The minimum absolute atomic E-state index is 0.178. The third kappa shape index (κ3) is 3.79. The SMILES string of the molecule is CC1CC2(C=CS(=O)(=O)N2c2cccc(F)c2)CCN1C(=O)OCc1ccccc1. The molecule has 1 amide bonds. The van der Waals surface area contributed by atoms with E-state index in [0.29, 0.717) is 19.4 Å². The standard InChI is InChI=1S/C22H23FN2O4S/c1-17-15-22(10-12-24(17)21(26)29-16-18-6-3-2-4-7-18)11-13-30(27,28)25(22)20-9-5-8-19(23)14-20/h2-9,11,13-14,17H,10,12,15-16H2,1H3. The maximum Gasteiger partial charge on any atom is 0.410 e. The van der Waals surface area contributed by atoms with Crippen LogP contribution in [0.1, 0.15) is 25.3 Å². The van der Waals surface area contributed by atoms with Gasteiger partial charge in [-0.25, -0.2) is 17.6 Å². The van der Waals surface area contributed by atoms with E-state index in [2.05, 4.69) is 0 Å². The van der Waals surface area contributed by atoms with Crippen molar-refractivity contribution in [3.8, 4) is 0 Å². The van der Waals surface area contributed by atoms with Crippen molar-refractivity contribution in [2.24, 2.45) is 0 Å². The summed E-state index contributed by atoms with van der Waals surface area (Å²) in [4.78, 5) is 14.2. The van der Waals surface area contributed by atoms with Gasteiger partial charge in [-0.15, -0.1) is 0 Å². The van der Waals surface area contributed by atoms with E-state index in [-0.39, 0.29) is 18.3 Å². The Hall–Kier alpha value is -2.87. The molecule has 4 rings (SSSR count). The Labute approximate surface area is 175 Å². The number of amides is 1. The van der Waals surface area contributed by atoms with Crippen molar-refractivity contribution in [1.29, 1.82) is 0 Å². The van der Waals surface area contributed by atoms with Gasteiger partial charge in [-0.1, -0.05) is 36.4 Å². The Balaban J connectivity index is 1.51. The number of ether oxygens (including phenoxy) is 1. The van der Waals surface area contributed by atoms with Gasteiger partial charge in [0.25, 0.3) is 10.0 Å². The predicted octanol–water partition coefficient (Wildman–Crippen LogP) is 4.05. The normalized spacial score (nSPS) is 24.9. The molecule has 0 N–H and O–H groups in total. The minimum Gasteiger partial charge on any atom is -0.445 e. The fraction of sp³-hybridized carbons (Fsp3) is 0.318. The van der Waals surface area contributed by atoms with Gasteiger partial charge in [-0.3, -0.25) is 4.31 Å². The molecule has 0 bridgehead atoms. The van der Waals surface area contributed by atoms with Crippen LogP contribution in [-0.4, -0.2) is 37.5 Å². The first-order chi connectivity index (χ1) is 14.3. The molecule has 0 aliphatic carbocycles. The summed E-state index contributed by atoms with van der Waals surface area (Å²) in [6.07, 6.45) is 2.02. The van der Waals surface area contributed by atoms with Crippen LogP contribution in [0.25, 0.3) is 0 Å². The van der Waals surface area contributed by atoms with E-state index in [0.717, 1.165) is 5.56 Å². The number of rotatable bonds is 3. The summed E-state index contributed by atoms with van der Waals surface area (Å²) in [5, 5.41) is 1.17. The lowest BCUT2D eigenvalue weighted by Gasteiger charge is -2.46. The quantitative estimate of drug-likeness (QED) is 0.737. The Morgan fingerprint density at radius 1 is 1.20 bits per heavy atom. The molecule has 1 spiro atoms. The van der Waals surface area contributed by atoms with E-state index < -0.39 is 27.5 Å². The number of hydrogen-bond acceptors (Lipinski definition) is 4. The van der Waals surface area contributed by atoms with Crippen molar-refractivity contribution in [2.75, 3.05) is 10.8 Å². The Morgan fingerprint density at radius 3 is 2.67 bits per heavy atom. The van der Waals surface area contributed by atoms with E-state index in [1.165, 1.54) is 27.9 Å². The highest BCUT2D eigenvalue weighted by molar-refractivity contribution is 7.96. The van der Waals surface area contributed by atoms with E-state index in [4.69, 9.17) is 4.74 Å². The van der Waals surface area contributed by atoms with E-state index >= 15 is 0 Å². The molecule has 1 saturated heterocycles. The zero-order chi connectivity index (χ0) is 21.4. The van der Waals surface area contributed by atoms with Crippen LogP contribution in [-0.2, 0) is 21.4 Å². The number of piperidine rings is 1. The first kappa shape index (κ1) is 20.4. The zero-order valence-corrected chi connectivity index (χ0v) is 17.4. The highest BCUT2D eigenvalue weighted by Gasteiger charge is 2.50. The van der Waals surface area contributed by atoms with E-state index in [1.54, 1.807) is 17.0 Å². The second-order valence-electron chi connectivity index (χ2n) is 7.73. The average Bonchev–Trinajstić information content (AvgIpc) is 2.97. The third-order valence-electron chi connectivity index (χ3n) is 5.66. The Morgan fingerprint density at radius 2 is 1.97 bits per heavy atom. The second-order valence-corrected chi connectivity index (χ2v) is 9.40. The summed E-state index contributed by atoms with van der Waals surface area (Å²) in [6, 6.07) is 14.7. The number of likely N-dealkylation sites (tertiary alicyclic amines) is 1. The monoisotopic (exact) mass is 430 g/mol. The van der Waals surface area contributed by atoms with Crippen LogP contribution >= 0.6 is 0 Å². The van der Waals surface area contributed by atoms with Gasteiger partial charge in [0.05, 0.1) is 11.2 Å². The number of anilines is 1. The maximum atomic E-state index is 13.8. The molecular weight excluding hydrogens is 407 g/mol. The van der Waals surface area contributed by atoms with Crippen LogP contribution in [0.2, 0.25) is 0 Å². The highest BCUT2D eigenvalue weighted by Crippen LogP contribution is 2.43. The van der Waals surface area contributed by atoms with Crippen molar-refractivity contribution in [3.63, 3.8) is 0 Å². The number of hydrogen-bond donors (Lipinski definition) is 0. The zero-order valence-electron chi connectivity index (χ0n) is 16.6. The van der Waals surface area contributed by atoms with Crippen LogP contribution in [0.5, 0.6) is 0 Å². The van der Waals surface area contributed by atoms with Crippen molar-refractivity contribution < 1.29 is 22.3 Å². The average molecular weight is 431 g/mol. The van der Waals surface area contributed by atoms with Gasteiger partial charge in [0.15, 0.2) is 0 Å². The molecule has 158 valence electrons. The van der Waals surface area contributed by atoms with Gasteiger partial charge in [-0.2, -0.15) is 0 Å². The second kappa shape index (κ2) is 7.75. The van der Waals surface area contributed by atoms with Crippen molar-refractivity contribution in [1.82, 2.24) is 4.90 Å². The van der Waals surface area contributed by atoms with Gasteiger partial charge < -0.3 is 9.64 Å². The van der Waals surface area contributed by atoms with Crippen LogP contribution < -0.4 is 4.31 Å². The molecule has 2 unspecified atom stereocenters. The molecule has 2 aliphatic heterocycles. The van der Waals surface area contributed by atoms with Gasteiger partial charge in [0.2, 0.25) is 0 Å². The first-order valence-electron chi connectivity index (χ1n) is 9.78. The summed E-state index contributed by atoms with van der Waals surface area (Å²) in [7, 11) is -3.72. The van der Waals surface area contributed by atoms with Gasteiger partial charge in [0.1, 0.15) is 12.4 Å². The summed E-state index contributed by atoms with van der Waals surface area (Å²) in [6.45, 7) is 2.38. The largest absolute Gasteiger partial charge is 0.445 e. The number of sulfonamides is 1. The number of halogens is 1. The third-order valence-corrected chi connectivity index (χ3v) is 7.22. The van der Waals surface area contributed by atoms with Gasteiger partial charge in [-0.05, 0) is 49.6 Å². The fourth-order valence-electron chi connectivity index (χ4n) is 4.27. The lowest BCUT2D eigenvalue weighted by molar-refractivity contribution is 0.0632. The lowest BCUT2D eigenvalue weighted by atomic mass is 9.83. The minimum atomic E-state index is -3.72. The molecule has 0 aromatic heterocycles. The first-order valence-corrected chi connectivity index (χ1v) is 11.3. The number of benzene rings is 2. The molecule has 2 heterocycles. The maximum absolute atomic E-state index is 13.8. The fourth-order valence-corrected chi connectivity index (χ4v) is 5.96. The van der Waals surface area contributed by atoms with Crippen LogP contribution in [0, 0.1) is 5.82 Å². The number of carbonyl (C=O) groups excluding carboxylic acids is 1. The molecular formula is C22H23FN2O4S. The molecule has 2 aromatic rings. The number of carbonyl (C=O) groups is 1. The molecule has 0 radical (unpaired) electrons. The van der Waals surface area contributed by atoms with Crippen LogP contribution in [0.3, 0.4) is 0 Å². The Kier molecular flexibility index (Phi) is 5.27. The van der Waals surface area contributed by atoms with E-state index in [1.807, 2.05) is 37.3 Å². The molecule has 2 atom stereocenters. The predicted molar refractivity (Wildman–Crippen MR) is 112 cm³/mol. The smallest absolute Gasteiger partial charge is 0.410 e. The summed E-state index contributed by atoms with van der Waals surface area (Å²) < 4.78 is 46.0. The summed E-state index contributed by atoms with van der Waals surface area (Å²) in [5.74, 6) is -0.500. The molecule has 0 saturated carbocycles. The lowest BCUT2D eigenvalue weighted by Crippen LogP contribution is -2.57. The van der Waals surface area contributed by atoms with Gasteiger partial charge >= 0.3 is 6.09 Å². The van der Waals surface area contributed by atoms with Crippen molar-refractivity contribution >= 4 is 21.8 Å². The molecule has 2 aromatic carbocycles. The molecule has 2 aliphatic rings.